The molecule has 1 aliphatic rings. The molecular weight excluding hydrogens is 417 g/mol. The lowest BCUT2D eigenvalue weighted by atomic mass is 9.97. The molecule has 2 heterocycles. The first kappa shape index (κ1) is 22.7. The molecule has 1 amide bonds. The van der Waals surface area contributed by atoms with E-state index in [2.05, 4.69) is 44.3 Å². The van der Waals surface area contributed by atoms with Crippen LogP contribution in [-0.4, -0.2) is 49.1 Å². The van der Waals surface area contributed by atoms with Gasteiger partial charge in [0.1, 0.15) is 11.6 Å². The Balaban J connectivity index is 1.29. The number of hydrogen-bond acceptors (Lipinski definition) is 5. The third-order valence-corrected chi connectivity index (χ3v) is 6.03. The summed E-state index contributed by atoms with van der Waals surface area (Å²) in [5, 5.41) is 3.11. The molecule has 4 rings (SSSR count). The van der Waals surface area contributed by atoms with Crippen LogP contribution in [-0.2, 0) is 4.79 Å². The zero-order valence-corrected chi connectivity index (χ0v) is 19.0. The number of amides is 1. The van der Waals surface area contributed by atoms with Crippen molar-refractivity contribution in [2.24, 2.45) is 5.92 Å². The summed E-state index contributed by atoms with van der Waals surface area (Å²) in [7, 11) is 2.07. The minimum absolute atomic E-state index is 0.0603. The molecule has 1 aliphatic heterocycles. The number of nitrogens with zero attached hydrogens (tertiary/aromatic N) is 4. The van der Waals surface area contributed by atoms with E-state index in [1.54, 1.807) is 18.3 Å². The minimum Gasteiger partial charge on any atom is -0.375 e. The number of piperidine rings is 1. The van der Waals surface area contributed by atoms with Gasteiger partial charge in [0.05, 0.1) is 5.92 Å². The molecule has 2 aromatic carbocycles. The summed E-state index contributed by atoms with van der Waals surface area (Å²) in [6.07, 6.45) is 4.42. The molecule has 0 bridgehead atoms. The van der Waals surface area contributed by atoms with Crippen molar-refractivity contribution in [2.45, 2.75) is 19.3 Å². The number of nitrogens with one attached hydrogen (secondary N) is 1. The van der Waals surface area contributed by atoms with Gasteiger partial charge in [-0.1, -0.05) is 18.2 Å². The lowest BCUT2D eigenvalue weighted by Crippen LogP contribution is -2.43. The third-order valence-electron chi connectivity index (χ3n) is 6.03. The number of aromatic nitrogens is 2. The van der Waals surface area contributed by atoms with Gasteiger partial charge in [-0.05, 0) is 61.7 Å². The smallest absolute Gasteiger partial charge is 0.224 e. The second-order valence-electron chi connectivity index (χ2n) is 8.43. The van der Waals surface area contributed by atoms with Gasteiger partial charge >= 0.3 is 0 Å². The highest BCUT2D eigenvalue weighted by Gasteiger charge is 2.26. The van der Waals surface area contributed by atoms with Gasteiger partial charge in [0.15, 0.2) is 5.82 Å². The van der Waals surface area contributed by atoms with Crippen LogP contribution in [0, 0.1) is 11.7 Å². The molecule has 1 saturated heterocycles. The first-order valence-corrected chi connectivity index (χ1v) is 11.5. The van der Waals surface area contributed by atoms with Crippen molar-refractivity contribution in [1.82, 2.24) is 15.3 Å². The van der Waals surface area contributed by atoms with Gasteiger partial charge < -0.3 is 15.1 Å². The van der Waals surface area contributed by atoms with E-state index in [1.165, 1.54) is 17.8 Å². The number of benzene rings is 2. The van der Waals surface area contributed by atoms with Crippen molar-refractivity contribution in [3.63, 3.8) is 0 Å². The van der Waals surface area contributed by atoms with Crippen molar-refractivity contribution in [3.8, 4) is 11.4 Å². The standard InChI is InChI=1S/C26H30FN5O/c1-31(23-8-3-2-4-9-23)17-6-15-29-26(33)21-7-5-18-32(19-21)24-14-16-28-25(30-24)20-10-12-22(27)13-11-20/h2-4,8-14,16,21H,5-7,15,17-19H2,1H3,(H,29,33)/t21-/m1/s1. The van der Waals surface area contributed by atoms with E-state index in [1.807, 2.05) is 24.3 Å². The number of halogens is 1. The van der Waals surface area contributed by atoms with Crippen molar-refractivity contribution in [3.05, 3.63) is 72.7 Å². The molecule has 0 spiro atoms. The quantitative estimate of drug-likeness (QED) is 0.526. The van der Waals surface area contributed by atoms with Gasteiger partial charge in [0.25, 0.3) is 0 Å². The molecule has 1 N–H and O–H groups in total. The van der Waals surface area contributed by atoms with Crippen molar-refractivity contribution < 1.29 is 9.18 Å². The van der Waals surface area contributed by atoms with Crippen LogP contribution in [0.2, 0.25) is 0 Å². The number of anilines is 2. The molecule has 1 atom stereocenters. The zero-order valence-electron chi connectivity index (χ0n) is 19.0. The summed E-state index contributed by atoms with van der Waals surface area (Å²) in [6.45, 7) is 3.03. The Morgan fingerprint density at radius 2 is 1.94 bits per heavy atom. The summed E-state index contributed by atoms with van der Waals surface area (Å²) in [5.74, 6) is 1.11. The highest BCUT2D eigenvalue weighted by molar-refractivity contribution is 5.79. The summed E-state index contributed by atoms with van der Waals surface area (Å²) in [6, 6.07) is 18.3. The molecule has 1 aromatic heterocycles. The molecule has 3 aromatic rings. The summed E-state index contributed by atoms with van der Waals surface area (Å²) in [5.41, 5.74) is 1.95. The number of rotatable bonds is 8. The van der Waals surface area contributed by atoms with Crippen LogP contribution in [0.1, 0.15) is 19.3 Å². The fourth-order valence-electron chi connectivity index (χ4n) is 4.15. The second-order valence-corrected chi connectivity index (χ2v) is 8.43. The van der Waals surface area contributed by atoms with Gasteiger partial charge in [-0.15, -0.1) is 0 Å². The fourth-order valence-corrected chi connectivity index (χ4v) is 4.15. The summed E-state index contributed by atoms with van der Waals surface area (Å²) < 4.78 is 13.2. The van der Waals surface area contributed by atoms with Crippen LogP contribution < -0.4 is 15.1 Å². The molecule has 172 valence electrons. The molecule has 0 radical (unpaired) electrons. The Morgan fingerprint density at radius 3 is 2.73 bits per heavy atom. The Kier molecular flexibility index (Phi) is 7.50. The fraction of sp³-hybridized carbons (Fsp3) is 0.346. The molecular formula is C26H30FN5O. The monoisotopic (exact) mass is 447 g/mol. The number of para-hydroxylation sites is 1. The Labute approximate surface area is 194 Å². The molecule has 6 nitrogen and oxygen atoms in total. The van der Waals surface area contributed by atoms with Crippen LogP contribution in [0.5, 0.6) is 0 Å². The van der Waals surface area contributed by atoms with Gasteiger partial charge in [0.2, 0.25) is 5.91 Å². The van der Waals surface area contributed by atoms with Gasteiger partial charge in [0, 0.05) is 50.7 Å². The maximum absolute atomic E-state index is 13.2. The van der Waals surface area contributed by atoms with E-state index in [0.717, 1.165) is 43.7 Å². The van der Waals surface area contributed by atoms with Gasteiger partial charge in [-0.25, -0.2) is 14.4 Å². The average molecular weight is 448 g/mol. The predicted octanol–water partition coefficient (Wildman–Crippen LogP) is 4.14. The largest absolute Gasteiger partial charge is 0.375 e. The number of carbonyl (C=O) groups is 1. The predicted molar refractivity (Wildman–Crippen MR) is 130 cm³/mol. The summed E-state index contributed by atoms with van der Waals surface area (Å²) >= 11 is 0. The topological polar surface area (TPSA) is 61.4 Å². The maximum atomic E-state index is 13.2. The van der Waals surface area contributed by atoms with Gasteiger partial charge in [-0.3, -0.25) is 4.79 Å². The van der Waals surface area contributed by atoms with Crippen LogP contribution >= 0.6 is 0 Å². The normalized spacial score (nSPS) is 15.8. The summed E-state index contributed by atoms with van der Waals surface area (Å²) in [4.78, 5) is 26.1. The highest BCUT2D eigenvalue weighted by Crippen LogP contribution is 2.24. The molecule has 7 heteroatoms. The van der Waals surface area contributed by atoms with Gasteiger partial charge in [-0.2, -0.15) is 0 Å². The van der Waals surface area contributed by atoms with Crippen LogP contribution in [0.3, 0.4) is 0 Å². The third kappa shape index (κ3) is 6.06. The van der Waals surface area contributed by atoms with Crippen molar-refractivity contribution in [1.29, 1.82) is 0 Å². The average Bonchev–Trinajstić information content (AvgIpc) is 2.87. The first-order chi connectivity index (χ1) is 16.1. The van der Waals surface area contributed by atoms with E-state index in [9.17, 15) is 9.18 Å². The Morgan fingerprint density at radius 1 is 1.15 bits per heavy atom. The Bertz CT molecular complexity index is 1040. The maximum Gasteiger partial charge on any atom is 0.224 e. The van der Waals surface area contributed by atoms with E-state index >= 15 is 0 Å². The molecule has 0 aliphatic carbocycles. The SMILES string of the molecule is CN(CCCNC(=O)[C@@H]1CCCN(c2ccnc(-c3ccc(F)cc3)n2)C1)c1ccccc1. The molecule has 0 unspecified atom stereocenters. The minimum atomic E-state index is -0.286. The van der Waals surface area contributed by atoms with Crippen molar-refractivity contribution in [2.75, 3.05) is 43.0 Å². The van der Waals surface area contributed by atoms with E-state index in [0.29, 0.717) is 18.9 Å². The highest BCUT2D eigenvalue weighted by atomic mass is 19.1. The van der Waals surface area contributed by atoms with Crippen LogP contribution in [0.25, 0.3) is 11.4 Å². The first-order valence-electron chi connectivity index (χ1n) is 11.5. The number of carbonyl (C=O) groups excluding carboxylic acids is 1. The molecule has 0 saturated carbocycles. The van der Waals surface area contributed by atoms with E-state index in [4.69, 9.17) is 0 Å². The zero-order chi connectivity index (χ0) is 23.0. The molecule has 33 heavy (non-hydrogen) atoms. The lowest BCUT2D eigenvalue weighted by molar-refractivity contribution is -0.125. The van der Waals surface area contributed by atoms with E-state index in [-0.39, 0.29) is 17.6 Å². The van der Waals surface area contributed by atoms with E-state index < -0.39 is 0 Å². The Hall–Kier alpha value is -3.48. The van der Waals surface area contributed by atoms with Crippen LogP contribution in [0.4, 0.5) is 15.9 Å². The number of hydrogen-bond donors (Lipinski definition) is 1. The molecule has 1 fully saturated rings. The van der Waals surface area contributed by atoms with Crippen molar-refractivity contribution >= 4 is 17.4 Å². The lowest BCUT2D eigenvalue weighted by Gasteiger charge is -2.33. The van der Waals surface area contributed by atoms with Crippen LogP contribution in [0.15, 0.2) is 66.9 Å². The second kappa shape index (κ2) is 10.9.